The van der Waals surface area contributed by atoms with Gasteiger partial charge in [-0.3, -0.25) is 4.98 Å². The Labute approximate surface area is 131 Å². The summed E-state index contributed by atoms with van der Waals surface area (Å²) in [6.45, 7) is 0.356. The molecule has 0 spiro atoms. The van der Waals surface area contributed by atoms with Crippen LogP contribution in [-0.4, -0.2) is 9.97 Å². The van der Waals surface area contributed by atoms with E-state index in [0.717, 1.165) is 16.4 Å². The summed E-state index contributed by atoms with van der Waals surface area (Å²) in [5, 5.41) is 2.26. The predicted molar refractivity (Wildman–Crippen MR) is 82.2 cm³/mol. The van der Waals surface area contributed by atoms with Gasteiger partial charge in [-0.1, -0.05) is 29.8 Å². The largest absolute Gasteiger partial charge is 0.471 e. The zero-order chi connectivity index (χ0) is 14.5. The lowest BCUT2D eigenvalue weighted by molar-refractivity contribution is 0.291. The summed E-state index contributed by atoms with van der Waals surface area (Å²) < 4.78 is 11.4. The van der Waals surface area contributed by atoms with Crippen molar-refractivity contribution in [2.75, 3.05) is 0 Å². The molecule has 4 nitrogen and oxygen atoms in total. The maximum atomic E-state index is 5.83. The van der Waals surface area contributed by atoms with Gasteiger partial charge in [0, 0.05) is 0 Å². The number of benzene rings is 1. The fraction of sp³-hybridized carbons (Fsp3) is 0.0667. The molecule has 0 unspecified atom stereocenters. The van der Waals surface area contributed by atoms with E-state index in [9.17, 15) is 0 Å². The van der Waals surface area contributed by atoms with Crippen molar-refractivity contribution in [2.45, 2.75) is 6.61 Å². The highest BCUT2D eigenvalue weighted by Crippen LogP contribution is 2.30. The molecular formula is C15H11ClN2O2S. The number of hydrogen-bond acceptors (Lipinski definition) is 5. The average molecular weight is 319 g/mol. The van der Waals surface area contributed by atoms with Crippen molar-refractivity contribution in [1.29, 1.82) is 0 Å². The molecule has 21 heavy (non-hydrogen) atoms. The van der Waals surface area contributed by atoms with Crippen molar-refractivity contribution in [1.82, 2.24) is 9.97 Å². The van der Waals surface area contributed by atoms with Gasteiger partial charge in [-0.15, -0.1) is 11.3 Å². The zero-order valence-electron chi connectivity index (χ0n) is 10.9. The van der Waals surface area contributed by atoms with Gasteiger partial charge < -0.3 is 9.47 Å². The number of nitrogens with zero attached hydrogens (tertiary/aromatic N) is 2. The molecule has 2 heterocycles. The van der Waals surface area contributed by atoms with Gasteiger partial charge in [0.05, 0.1) is 17.3 Å². The van der Waals surface area contributed by atoms with E-state index in [1.165, 1.54) is 12.4 Å². The van der Waals surface area contributed by atoms with Crippen LogP contribution in [0.25, 0.3) is 0 Å². The molecule has 0 aliphatic heterocycles. The molecule has 0 aliphatic carbocycles. The summed E-state index contributed by atoms with van der Waals surface area (Å²) in [7, 11) is 0. The van der Waals surface area contributed by atoms with Crippen LogP contribution in [0.4, 0.5) is 0 Å². The van der Waals surface area contributed by atoms with E-state index in [4.69, 9.17) is 21.1 Å². The van der Waals surface area contributed by atoms with Crippen LogP contribution in [0, 0.1) is 0 Å². The second-order valence-corrected chi connectivity index (χ2v) is 5.48. The van der Waals surface area contributed by atoms with Crippen molar-refractivity contribution in [3.63, 3.8) is 0 Å². The topological polar surface area (TPSA) is 44.2 Å². The molecule has 0 N–H and O–H groups in total. The summed E-state index contributed by atoms with van der Waals surface area (Å²) in [6, 6.07) is 11.5. The van der Waals surface area contributed by atoms with Crippen molar-refractivity contribution in [2.24, 2.45) is 0 Å². The van der Waals surface area contributed by atoms with Gasteiger partial charge >= 0.3 is 0 Å². The Bertz CT molecular complexity index is 718. The van der Waals surface area contributed by atoms with E-state index >= 15 is 0 Å². The maximum Gasteiger partial charge on any atom is 0.234 e. The molecule has 0 saturated heterocycles. The number of halogens is 1. The molecule has 1 aromatic carbocycles. The highest BCUT2D eigenvalue weighted by Gasteiger charge is 2.08. The number of para-hydroxylation sites is 1. The summed E-state index contributed by atoms with van der Waals surface area (Å²) >= 11 is 7.33. The van der Waals surface area contributed by atoms with Crippen LogP contribution in [0.5, 0.6) is 17.4 Å². The molecule has 0 aliphatic rings. The van der Waals surface area contributed by atoms with E-state index in [1.54, 1.807) is 11.3 Å². The lowest BCUT2D eigenvalue weighted by Crippen LogP contribution is -1.97. The third-order valence-electron chi connectivity index (χ3n) is 2.61. The molecule has 6 heteroatoms. The molecule has 0 bridgehead atoms. The third kappa shape index (κ3) is 3.71. The van der Waals surface area contributed by atoms with Crippen molar-refractivity contribution in [3.8, 4) is 17.4 Å². The number of thiophene rings is 1. The van der Waals surface area contributed by atoms with Crippen molar-refractivity contribution in [3.05, 3.63) is 64.2 Å². The Morgan fingerprint density at radius 3 is 2.76 bits per heavy atom. The van der Waals surface area contributed by atoms with Crippen LogP contribution in [0.3, 0.4) is 0 Å². The molecular weight excluding hydrogens is 308 g/mol. The number of ether oxygens (including phenoxy) is 2. The fourth-order valence-electron chi connectivity index (χ4n) is 1.68. The Balaban J connectivity index is 1.68. The minimum atomic E-state index is 0.305. The van der Waals surface area contributed by atoms with Crippen LogP contribution in [0.1, 0.15) is 4.88 Å². The van der Waals surface area contributed by atoms with Gasteiger partial charge in [0.15, 0.2) is 5.15 Å². The quantitative estimate of drug-likeness (QED) is 0.691. The molecule has 0 radical (unpaired) electrons. The van der Waals surface area contributed by atoms with Crippen molar-refractivity contribution < 1.29 is 9.47 Å². The van der Waals surface area contributed by atoms with E-state index in [2.05, 4.69) is 9.97 Å². The molecule has 3 aromatic rings. The average Bonchev–Trinajstić information content (AvgIpc) is 2.93. The summed E-state index contributed by atoms with van der Waals surface area (Å²) in [5.74, 6) is 1.96. The number of aromatic nitrogens is 2. The lowest BCUT2D eigenvalue weighted by Gasteiger charge is -2.07. The highest BCUT2D eigenvalue weighted by atomic mass is 35.5. The first-order valence-electron chi connectivity index (χ1n) is 6.21. The van der Waals surface area contributed by atoms with Gasteiger partial charge in [-0.05, 0) is 23.6 Å². The normalized spacial score (nSPS) is 10.3. The van der Waals surface area contributed by atoms with Gasteiger partial charge in [0.1, 0.15) is 18.1 Å². The first kappa shape index (κ1) is 13.9. The molecule has 0 fully saturated rings. The first-order valence-corrected chi connectivity index (χ1v) is 7.46. The number of hydrogen-bond donors (Lipinski definition) is 0. The zero-order valence-corrected chi connectivity index (χ0v) is 12.5. The van der Waals surface area contributed by atoms with Crippen LogP contribution < -0.4 is 9.47 Å². The SMILES string of the molecule is Clc1cncc(OCc2sccc2Oc2ccccc2)n1. The van der Waals surface area contributed by atoms with E-state index < -0.39 is 0 Å². The van der Waals surface area contributed by atoms with Crippen LogP contribution in [-0.2, 0) is 6.61 Å². The van der Waals surface area contributed by atoms with Gasteiger partial charge in [0.25, 0.3) is 0 Å². The standard InChI is InChI=1S/C15H11ClN2O2S/c16-14-8-17-9-15(18-14)19-10-13-12(6-7-21-13)20-11-4-2-1-3-5-11/h1-9H,10H2. The van der Waals surface area contributed by atoms with Gasteiger partial charge in [0.2, 0.25) is 5.88 Å². The Morgan fingerprint density at radius 2 is 1.95 bits per heavy atom. The highest BCUT2D eigenvalue weighted by molar-refractivity contribution is 7.10. The monoisotopic (exact) mass is 318 g/mol. The predicted octanol–water partition coefficient (Wildman–Crippen LogP) is 4.56. The summed E-state index contributed by atoms with van der Waals surface area (Å²) in [6.07, 6.45) is 2.99. The Morgan fingerprint density at radius 1 is 1.10 bits per heavy atom. The van der Waals surface area contributed by atoms with Gasteiger partial charge in [-0.2, -0.15) is 4.98 Å². The lowest BCUT2D eigenvalue weighted by atomic mass is 10.3. The summed E-state index contributed by atoms with van der Waals surface area (Å²) in [4.78, 5) is 8.93. The van der Waals surface area contributed by atoms with E-state index in [1.807, 2.05) is 41.8 Å². The second kappa shape index (κ2) is 6.56. The number of rotatable bonds is 5. The van der Waals surface area contributed by atoms with Crippen molar-refractivity contribution >= 4 is 22.9 Å². The van der Waals surface area contributed by atoms with Gasteiger partial charge in [-0.25, -0.2) is 0 Å². The Hall–Kier alpha value is -2.11. The third-order valence-corrected chi connectivity index (χ3v) is 3.67. The van der Waals surface area contributed by atoms with Crippen LogP contribution in [0.2, 0.25) is 5.15 Å². The first-order chi connectivity index (χ1) is 10.3. The van der Waals surface area contributed by atoms with Crippen LogP contribution >= 0.6 is 22.9 Å². The molecule has 0 atom stereocenters. The summed E-state index contributed by atoms with van der Waals surface area (Å²) in [5.41, 5.74) is 0. The minimum absolute atomic E-state index is 0.305. The molecule has 3 rings (SSSR count). The van der Waals surface area contributed by atoms with Crippen LogP contribution in [0.15, 0.2) is 54.2 Å². The molecule has 2 aromatic heterocycles. The minimum Gasteiger partial charge on any atom is -0.471 e. The second-order valence-electron chi connectivity index (χ2n) is 4.09. The van der Waals surface area contributed by atoms with E-state index in [0.29, 0.717) is 17.6 Å². The fourth-order valence-corrected chi connectivity index (χ4v) is 2.52. The molecule has 0 saturated carbocycles. The maximum absolute atomic E-state index is 5.83. The molecule has 0 amide bonds. The Kier molecular flexibility index (Phi) is 4.33. The van der Waals surface area contributed by atoms with E-state index in [-0.39, 0.29) is 0 Å². The molecule has 106 valence electrons. The smallest absolute Gasteiger partial charge is 0.234 e.